The predicted octanol–water partition coefficient (Wildman–Crippen LogP) is 2.95. The predicted molar refractivity (Wildman–Crippen MR) is 69.6 cm³/mol. The molecule has 0 radical (unpaired) electrons. The van der Waals surface area contributed by atoms with Crippen molar-refractivity contribution in [3.63, 3.8) is 0 Å². The summed E-state index contributed by atoms with van der Waals surface area (Å²) in [5, 5.41) is 0. The van der Waals surface area contributed by atoms with E-state index in [4.69, 9.17) is 10.5 Å². The lowest BCUT2D eigenvalue weighted by Gasteiger charge is -2.25. The molecule has 0 amide bonds. The van der Waals surface area contributed by atoms with Crippen molar-refractivity contribution < 1.29 is 4.74 Å². The molecule has 1 spiro atoms. The highest BCUT2D eigenvalue weighted by atomic mass is 16.5. The lowest BCUT2D eigenvalue weighted by atomic mass is 9.80. The molecular weight excluding hydrogens is 210 g/mol. The molecule has 0 aromatic heterocycles. The smallest absolute Gasteiger partial charge is 0.119 e. The first kappa shape index (κ1) is 11.1. The van der Waals surface area contributed by atoms with Crippen LogP contribution in [0.4, 0.5) is 0 Å². The summed E-state index contributed by atoms with van der Waals surface area (Å²) in [5.74, 6) is 1.56. The van der Waals surface area contributed by atoms with Gasteiger partial charge in [-0.1, -0.05) is 18.9 Å². The molecular formula is C15H21NO. The Kier molecular flexibility index (Phi) is 2.62. The van der Waals surface area contributed by atoms with E-state index in [2.05, 4.69) is 18.2 Å². The fourth-order valence-corrected chi connectivity index (χ4v) is 3.90. The molecule has 92 valence electrons. The molecule has 2 aliphatic rings. The quantitative estimate of drug-likeness (QED) is 0.849. The van der Waals surface area contributed by atoms with Crippen molar-refractivity contribution in [2.45, 2.75) is 43.4 Å². The van der Waals surface area contributed by atoms with Crippen LogP contribution in [0.25, 0.3) is 0 Å². The van der Waals surface area contributed by atoms with Crippen LogP contribution in [0.1, 0.15) is 49.1 Å². The second kappa shape index (κ2) is 4.02. The third-order valence-electron chi connectivity index (χ3n) is 4.75. The molecule has 0 bridgehead atoms. The Hall–Kier alpha value is -1.02. The minimum Gasteiger partial charge on any atom is -0.497 e. The van der Waals surface area contributed by atoms with Gasteiger partial charge in [-0.05, 0) is 60.4 Å². The highest BCUT2D eigenvalue weighted by Crippen LogP contribution is 2.55. The van der Waals surface area contributed by atoms with Gasteiger partial charge in [0, 0.05) is 0 Å². The molecule has 2 aliphatic carbocycles. The standard InChI is InChI=1S/C15H21NO/c1-17-12-4-5-13-11(10-16)9-15(14(13)8-12)6-2-3-7-15/h4-5,8,11H,2-3,6-7,9-10,16H2,1H3. The van der Waals surface area contributed by atoms with Crippen LogP contribution < -0.4 is 10.5 Å². The number of fused-ring (bicyclic) bond motifs is 2. The van der Waals surface area contributed by atoms with Gasteiger partial charge in [-0.2, -0.15) is 0 Å². The van der Waals surface area contributed by atoms with Crippen molar-refractivity contribution in [3.8, 4) is 5.75 Å². The van der Waals surface area contributed by atoms with E-state index in [0.29, 0.717) is 11.3 Å². The Bertz CT molecular complexity index is 421. The lowest BCUT2D eigenvalue weighted by Crippen LogP contribution is -2.19. The van der Waals surface area contributed by atoms with Crippen LogP contribution in [-0.4, -0.2) is 13.7 Å². The van der Waals surface area contributed by atoms with E-state index in [1.807, 2.05) is 0 Å². The molecule has 0 saturated heterocycles. The van der Waals surface area contributed by atoms with E-state index >= 15 is 0 Å². The van der Waals surface area contributed by atoms with Gasteiger partial charge in [-0.25, -0.2) is 0 Å². The van der Waals surface area contributed by atoms with E-state index < -0.39 is 0 Å². The monoisotopic (exact) mass is 231 g/mol. The van der Waals surface area contributed by atoms with Gasteiger partial charge in [0.05, 0.1) is 7.11 Å². The van der Waals surface area contributed by atoms with Gasteiger partial charge in [0.25, 0.3) is 0 Å². The summed E-state index contributed by atoms with van der Waals surface area (Å²) in [6, 6.07) is 6.57. The SMILES string of the molecule is COc1ccc2c(c1)C1(CCCC1)CC2CN. The fraction of sp³-hybridized carbons (Fsp3) is 0.600. The van der Waals surface area contributed by atoms with E-state index in [1.54, 1.807) is 7.11 Å². The average molecular weight is 231 g/mol. The number of rotatable bonds is 2. The van der Waals surface area contributed by atoms with Gasteiger partial charge in [-0.3, -0.25) is 0 Å². The zero-order valence-electron chi connectivity index (χ0n) is 10.5. The normalized spacial score (nSPS) is 25.2. The van der Waals surface area contributed by atoms with Gasteiger partial charge in [-0.15, -0.1) is 0 Å². The molecule has 2 nitrogen and oxygen atoms in total. The third-order valence-corrected chi connectivity index (χ3v) is 4.75. The van der Waals surface area contributed by atoms with E-state index in [1.165, 1.54) is 43.2 Å². The molecule has 3 rings (SSSR count). The number of benzene rings is 1. The third kappa shape index (κ3) is 1.58. The summed E-state index contributed by atoms with van der Waals surface area (Å²) >= 11 is 0. The zero-order chi connectivity index (χ0) is 11.9. The molecule has 17 heavy (non-hydrogen) atoms. The van der Waals surface area contributed by atoms with Crippen LogP contribution in [0.15, 0.2) is 18.2 Å². The second-order valence-corrected chi connectivity index (χ2v) is 5.58. The number of hydrogen-bond donors (Lipinski definition) is 1. The van der Waals surface area contributed by atoms with Crippen molar-refractivity contribution in [2.75, 3.05) is 13.7 Å². The van der Waals surface area contributed by atoms with Gasteiger partial charge in [0.15, 0.2) is 0 Å². The van der Waals surface area contributed by atoms with Gasteiger partial charge in [0.1, 0.15) is 5.75 Å². The number of hydrogen-bond acceptors (Lipinski definition) is 2. The Morgan fingerprint density at radius 1 is 1.35 bits per heavy atom. The van der Waals surface area contributed by atoms with Gasteiger partial charge < -0.3 is 10.5 Å². The van der Waals surface area contributed by atoms with Crippen LogP contribution in [0.5, 0.6) is 5.75 Å². The van der Waals surface area contributed by atoms with Gasteiger partial charge in [0.2, 0.25) is 0 Å². The summed E-state index contributed by atoms with van der Waals surface area (Å²) < 4.78 is 5.38. The fourth-order valence-electron chi connectivity index (χ4n) is 3.90. The minimum atomic E-state index is 0.425. The molecule has 0 heterocycles. The van der Waals surface area contributed by atoms with Crippen molar-refractivity contribution in [1.29, 1.82) is 0 Å². The van der Waals surface area contributed by atoms with E-state index in [9.17, 15) is 0 Å². The Morgan fingerprint density at radius 3 is 2.76 bits per heavy atom. The van der Waals surface area contributed by atoms with E-state index in [0.717, 1.165) is 12.3 Å². The molecule has 1 atom stereocenters. The number of methoxy groups -OCH3 is 1. The summed E-state index contributed by atoms with van der Waals surface area (Å²) in [6.07, 6.45) is 6.67. The van der Waals surface area contributed by atoms with Gasteiger partial charge >= 0.3 is 0 Å². The number of ether oxygens (including phenoxy) is 1. The maximum Gasteiger partial charge on any atom is 0.119 e. The van der Waals surface area contributed by atoms with Crippen molar-refractivity contribution in [1.82, 2.24) is 0 Å². The highest BCUT2D eigenvalue weighted by molar-refractivity contribution is 5.47. The minimum absolute atomic E-state index is 0.425. The highest BCUT2D eigenvalue weighted by Gasteiger charge is 2.44. The summed E-state index contributed by atoms with van der Waals surface area (Å²) in [7, 11) is 1.75. The maximum absolute atomic E-state index is 5.94. The van der Waals surface area contributed by atoms with Crippen LogP contribution >= 0.6 is 0 Å². The molecule has 0 aliphatic heterocycles. The topological polar surface area (TPSA) is 35.2 Å². The van der Waals surface area contributed by atoms with Crippen LogP contribution in [0.2, 0.25) is 0 Å². The first-order valence-corrected chi connectivity index (χ1v) is 6.67. The van der Waals surface area contributed by atoms with Crippen molar-refractivity contribution in [3.05, 3.63) is 29.3 Å². The Balaban J connectivity index is 2.09. The van der Waals surface area contributed by atoms with Crippen LogP contribution in [0.3, 0.4) is 0 Å². The summed E-state index contributed by atoms with van der Waals surface area (Å²) in [4.78, 5) is 0. The van der Waals surface area contributed by atoms with Crippen molar-refractivity contribution in [2.24, 2.45) is 5.73 Å². The second-order valence-electron chi connectivity index (χ2n) is 5.58. The molecule has 1 unspecified atom stereocenters. The lowest BCUT2D eigenvalue weighted by molar-refractivity contribution is 0.400. The van der Waals surface area contributed by atoms with Crippen LogP contribution in [-0.2, 0) is 5.41 Å². The molecule has 1 aromatic rings. The molecule has 1 aromatic carbocycles. The molecule has 1 fully saturated rings. The largest absolute Gasteiger partial charge is 0.497 e. The summed E-state index contributed by atoms with van der Waals surface area (Å²) in [6.45, 7) is 0.779. The Labute approximate surface area is 103 Å². The zero-order valence-corrected chi connectivity index (χ0v) is 10.5. The first-order valence-electron chi connectivity index (χ1n) is 6.67. The van der Waals surface area contributed by atoms with E-state index in [-0.39, 0.29) is 0 Å². The maximum atomic E-state index is 5.94. The number of nitrogens with two attached hydrogens (primary N) is 1. The van der Waals surface area contributed by atoms with Crippen molar-refractivity contribution >= 4 is 0 Å². The van der Waals surface area contributed by atoms with Crippen LogP contribution in [0, 0.1) is 0 Å². The average Bonchev–Trinajstić information content (AvgIpc) is 2.96. The Morgan fingerprint density at radius 2 is 2.12 bits per heavy atom. The first-order chi connectivity index (χ1) is 8.29. The summed E-state index contributed by atoms with van der Waals surface area (Å²) in [5.41, 5.74) is 9.38. The molecule has 2 N–H and O–H groups in total. The molecule has 2 heteroatoms. The molecule has 1 saturated carbocycles.